The van der Waals surface area contributed by atoms with Crippen LogP contribution in [-0.4, -0.2) is 5.25 Å². The molecule has 3 rings (SSSR count). The molecule has 1 aliphatic rings. The molecule has 1 fully saturated rings. The summed E-state index contributed by atoms with van der Waals surface area (Å²) < 4.78 is 0. The molecule has 0 radical (unpaired) electrons. The van der Waals surface area contributed by atoms with Gasteiger partial charge in [0.1, 0.15) is 0 Å². The monoisotopic (exact) mass is 462 g/mol. The third kappa shape index (κ3) is 14.8. The molecule has 188 valence electrons. The summed E-state index contributed by atoms with van der Waals surface area (Å²) >= 11 is 2.20. The third-order valence-electron chi connectivity index (χ3n) is 5.24. The van der Waals surface area contributed by atoms with E-state index in [0.29, 0.717) is 5.25 Å². The fraction of sp³-hybridized carbons (Fsp3) is 0.613. The lowest BCUT2D eigenvalue weighted by atomic mass is 9.78. The van der Waals surface area contributed by atoms with Gasteiger partial charge in [0.15, 0.2) is 0 Å². The van der Waals surface area contributed by atoms with Gasteiger partial charge in [-0.25, -0.2) is 0 Å². The van der Waals surface area contributed by atoms with Gasteiger partial charge in [0.05, 0.1) is 0 Å². The zero-order chi connectivity index (χ0) is 23.4. The van der Waals surface area contributed by atoms with Crippen LogP contribution in [0.25, 0.3) is 0 Å². The van der Waals surface area contributed by atoms with E-state index in [2.05, 4.69) is 83.6 Å². The first kappa shape index (κ1) is 38.1. The van der Waals surface area contributed by atoms with Crippen LogP contribution in [0.4, 0.5) is 0 Å². The summed E-state index contributed by atoms with van der Waals surface area (Å²) in [5.41, 5.74) is 1.52. The normalized spacial score (nSPS) is 22.6. The van der Waals surface area contributed by atoms with Gasteiger partial charge in [0, 0.05) is 10.5 Å². The molecule has 1 aliphatic heterocycles. The molecule has 32 heavy (non-hydrogen) atoms. The Labute approximate surface area is 209 Å². The largest absolute Gasteiger partial charge is 0.150 e. The predicted molar refractivity (Wildman–Crippen MR) is 157 cm³/mol. The minimum atomic E-state index is 0. The molecule has 1 heteroatoms. The highest BCUT2D eigenvalue weighted by molar-refractivity contribution is 8.00. The Balaban J connectivity index is -0.000000219. The summed E-state index contributed by atoms with van der Waals surface area (Å²) in [6.45, 7) is 21.9. The maximum Gasteiger partial charge on any atom is 0.0328 e. The molecule has 0 saturated carbocycles. The van der Waals surface area contributed by atoms with Crippen LogP contribution in [0.3, 0.4) is 0 Å². The van der Waals surface area contributed by atoms with E-state index >= 15 is 0 Å². The summed E-state index contributed by atoms with van der Waals surface area (Å²) in [5.74, 6) is 2.45. The summed E-state index contributed by atoms with van der Waals surface area (Å²) in [5, 5.41) is 1.51. The maximum absolute atomic E-state index is 2.44. The zero-order valence-corrected chi connectivity index (χ0v) is 22.4. The van der Waals surface area contributed by atoms with E-state index in [0.717, 1.165) is 23.0 Å². The number of benzene rings is 2. The molecule has 1 heterocycles. The van der Waals surface area contributed by atoms with Gasteiger partial charge in [-0.1, -0.05) is 157 Å². The summed E-state index contributed by atoms with van der Waals surface area (Å²) in [4.78, 5) is 0. The van der Waals surface area contributed by atoms with Crippen molar-refractivity contribution < 1.29 is 0 Å². The van der Waals surface area contributed by atoms with E-state index < -0.39 is 0 Å². The molecule has 5 atom stereocenters. The van der Waals surface area contributed by atoms with Crippen molar-refractivity contribution >= 4 is 11.8 Å². The molecule has 0 aliphatic carbocycles. The van der Waals surface area contributed by atoms with Crippen molar-refractivity contribution in [1.29, 1.82) is 0 Å². The van der Waals surface area contributed by atoms with Crippen LogP contribution in [0.1, 0.15) is 108 Å². The van der Waals surface area contributed by atoms with Crippen LogP contribution in [0.2, 0.25) is 0 Å². The minimum Gasteiger partial charge on any atom is -0.150 e. The second-order valence-corrected chi connectivity index (χ2v) is 8.74. The van der Waals surface area contributed by atoms with Crippen molar-refractivity contribution in [2.24, 2.45) is 17.8 Å². The van der Waals surface area contributed by atoms with E-state index in [9.17, 15) is 0 Å². The summed E-state index contributed by atoms with van der Waals surface area (Å²) in [6, 6.07) is 23.1. The molecule has 0 unspecified atom stereocenters. The fourth-order valence-electron chi connectivity index (χ4n) is 3.41. The number of hydrogen-bond acceptors (Lipinski definition) is 1. The van der Waals surface area contributed by atoms with Crippen LogP contribution in [0.15, 0.2) is 66.7 Å². The number of rotatable bonds is 2. The van der Waals surface area contributed by atoms with Gasteiger partial charge in [-0.15, -0.1) is 11.8 Å². The Kier molecular flexibility index (Phi) is 31.0. The highest BCUT2D eigenvalue weighted by atomic mass is 32.2. The lowest BCUT2D eigenvalue weighted by Crippen LogP contribution is -2.34. The maximum atomic E-state index is 2.44. The van der Waals surface area contributed by atoms with Crippen LogP contribution in [0.5, 0.6) is 0 Å². The molecule has 2 aromatic rings. The average molecular weight is 463 g/mol. The summed E-state index contributed by atoms with van der Waals surface area (Å²) in [6.07, 6.45) is 2.55. The van der Waals surface area contributed by atoms with E-state index in [4.69, 9.17) is 0 Å². The molecule has 0 spiro atoms. The quantitative estimate of drug-likeness (QED) is 0.427. The fourth-order valence-corrected chi connectivity index (χ4v) is 5.28. The zero-order valence-electron chi connectivity index (χ0n) is 21.6. The Morgan fingerprint density at radius 3 is 1.28 bits per heavy atom. The lowest BCUT2D eigenvalue weighted by molar-refractivity contribution is 0.249. The SMILES string of the molecule is C.C.CC.CC.CCC.CC[C@H]1S[C@@H](c2ccccc2)[C@H](C)[C@@H](C)[C@@H]1C.c1ccccc1. The minimum absolute atomic E-state index is 0. The first-order valence-corrected chi connectivity index (χ1v) is 13.2. The molecule has 0 N–H and O–H groups in total. The Bertz CT molecular complexity index is 522. The van der Waals surface area contributed by atoms with Crippen LogP contribution >= 0.6 is 11.8 Å². The topological polar surface area (TPSA) is 0 Å². The molecule has 0 amide bonds. The van der Waals surface area contributed by atoms with Gasteiger partial charge in [0.2, 0.25) is 0 Å². The van der Waals surface area contributed by atoms with Crippen LogP contribution in [-0.2, 0) is 0 Å². The molecule has 0 nitrogen and oxygen atoms in total. The van der Waals surface area contributed by atoms with Gasteiger partial charge in [-0.2, -0.15) is 0 Å². The van der Waals surface area contributed by atoms with E-state index in [1.807, 2.05) is 64.1 Å². The van der Waals surface area contributed by atoms with Crippen LogP contribution < -0.4 is 0 Å². The molecular formula is C31H58S. The molecule has 0 aromatic heterocycles. The Hall–Kier alpha value is -1.21. The van der Waals surface area contributed by atoms with Gasteiger partial charge in [-0.3, -0.25) is 0 Å². The van der Waals surface area contributed by atoms with Crippen molar-refractivity contribution in [3.63, 3.8) is 0 Å². The van der Waals surface area contributed by atoms with Crippen molar-refractivity contribution in [3.05, 3.63) is 72.3 Å². The van der Waals surface area contributed by atoms with Gasteiger partial charge < -0.3 is 0 Å². The van der Waals surface area contributed by atoms with Crippen molar-refractivity contribution in [2.75, 3.05) is 0 Å². The van der Waals surface area contributed by atoms with E-state index in [-0.39, 0.29) is 14.9 Å². The lowest BCUT2D eigenvalue weighted by Gasteiger charge is -2.43. The second-order valence-electron chi connectivity index (χ2n) is 7.35. The van der Waals surface area contributed by atoms with Gasteiger partial charge in [0.25, 0.3) is 0 Å². The first-order valence-electron chi connectivity index (χ1n) is 12.3. The first-order chi connectivity index (χ1) is 14.6. The molecular weight excluding hydrogens is 404 g/mol. The highest BCUT2D eigenvalue weighted by Crippen LogP contribution is 2.51. The van der Waals surface area contributed by atoms with Crippen LogP contribution in [0, 0.1) is 17.8 Å². The smallest absolute Gasteiger partial charge is 0.0328 e. The standard InChI is InChI=1S/C16H24S.C6H6.C3H8.2C2H6.2CH4/c1-5-15-12(3)11(2)13(4)16(17-15)14-9-7-6-8-10-14;1-2-4-6-5-3-1;1-3-2;2*1-2;;/h6-13,15-16H,5H2,1-4H3;1-6H;3H2,1-2H3;2*1-2H3;2*1H4/t11-,12-,13+,15+,16+;;;;;;/m0....../s1. The average Bonchev–Trinajstić information content (AvgIpc) is 2.83. The molecule has 0 bridgehead atoms. The second kappa shape index (κ2) is 26.0. The van der Waals surface area contributed by atoms with Crippen molar-refractivity contribution in [3.8, 4) is 0 Å². The molecule has 1 saturated heterocycles. The number of hydrogen-bond donors (Lipinski definition) is 0. The van der Waals surface area contributed by atoms with E-state index in [1.165, 1.54) is 18.4 Å². The third-order valence-corrected chi connectivity index (χ3v) is 7.35. The Morgan fingerprint density at radius 2 is 0.938 bits per heavy atom. The highest BCUT2D eigenvalue weighted by Gasteiger charge is 2.38. The number of thioether (sulfide) groups is 1. The van der Waals surface area contributed by atoms with Crippen molar-refractivity contribution in [2.45, 2.75) is 107 Å². The van der Waals surface area contributed by atoms with E-state index in [1.54, 1.807) is 0 Å². The van der Waals surface area contributed by atoms with Gasteiger partial charge in [-0.05, 0) is 29.7 Å². The van der Waals surface area contributed by atoms with Crippen molar-refractivity contribution in [1.82, 2.24) is 0 Å². The Morgan fingerprint density at radius 1 is 0.594 bits per heavy atom. The summed E-state index contributed by atoms with van der Waals surface area (Å²) in [7, 11) is 0. The van der Waals surface area contributed by atoms with Gasteiger partial charge >= 0.3 is 0 Å². The predicted octanol–water partition coefficient (Wildman–Crippen LogP) is 11.6. The molecule has 2 aromatic carbocycles.